The molecule has 1 unspecified atom stereocenters. The van der Waals surface area contributed by atoms with Crippen LogP contribution in [0.15, 0.2) is 24.3 Å². The van der Waals surface area contributed by atoms with E-state index in [9.17, 15) is 14.7 Å². The lowest BCUT2D eigenvalue weighted by Crippen LogP contribution is -2.40. The van der Waals surface area contributed by atoms with Crippen LogP contribution in [-0.4, -0.2) is 28.1 Å². The van der Waals surface area contributed by atoms with Gasteiger partial charge < -0.3 is 21.3 Å². The van der Waals surface area contributed by atoms with E-state index in [1.807, 2.05) is 0 Å². The van der Waals surface area contributed by atoms with Gasteiger partial charge in [0, 0.05) is 18.5 Å². The zero-order valence-corrected chi connectivity index (χ0v) is 9.80. The van der Waals surface area contributed by atoms with Gasteiger partial charge >= 0.3 is 5.97 Å². The fourth-order valence-corrected chi connectivity index (χ4v) is 1.38. The molecule has 0 bridgehead atoms. The normalized spacial score (nSPS) is 11.8. The first-order valence-electron chi connectivity index (χ1n) is 5.52. The van der Waals surface area contributed by atoms with Gasteiger partial charge in [-0.15, -0.1) is 0 Å². The van der Waals surface area contributed by atoms with Crippen LogP contribution in [0.2, 0.25) is 0 Å². The van der Waals surface area contributed by atoms with Gasteiger partial charge in [-0.3, -0.25) is 9.59 Å². The van der Waals surface area contributed by atoms with Crippen molar-refractivity contribution >= 4 is 11.9 Å². The van der Waals surface area contributed by atoms with E-state index in [1.165, 1.54) is 6.07 Å². The van der Waals surface area contributed by atoms with Crippen LogP contribution in [-0.2, 0) is 16.1 Å². The Balaban J connectivity index is 2.41. The number of rotatable bonds is 6. The van der Waals surface area contributed by atoms with Gasteiger partial charge in [0.25, 0.3) is 0 Å². The van der Waals surface area contributed by atoms with Crippen molar-refractivity contribution in [1.29, 1.82) is 0 Å². The topological polar surface area (TPSA) is 113 Å². The van der Waals surface area contributed by atoms with Gasteiger partial charge in [0.05, 0.1) is 6.04 Å². The number of carboxylic acid groups (broad SMARTS) is 1. The predicted octanol–water partition coefficient (Wildman–Crippen LogP) is 0.201. The van der Waals surface area contributed by atoms with Crippen LogP contribution in [0.1, 0.15) is 18.4 Å². The summed E-state index contributed by atoms with van der Waals surface area (Å²) in [6, 6.07) is 5.77. The van der Waals surface area contributed by atoms with Gasteiger partial charge in [-0.2, -0.15) is 0 Å². The first kappa shape index (κ1) is 14.0. The molecule has 0 heterocycles. The lowest BCUT2D eigenvalue weighted by Gasteiger charge is -2.11. The molecule has 0 aliphatic carbocycles. The second kappa shape index (κ2) is 6.61. The van der Waals surface area contributed by atoms with E-state index in [1.54, 1.807) is 18.2 Å². The average Bonchev–Trinajstić information content (AvgIpc) is 2.34. The summed E-state index contributed by atoms with van der Waals surface area (Å²) in [6.07, 6.45) is -0.0624. The molecule has 1 aromatic carbocycles. The Bertz CT molecular complexity index is 434. The number of carbonyl (C=O) groups excluding carboxylic acids is 1. The Morgan fingerprint density at radius 2 is 2.00 bits per heavy atom. The van der Waals surface area contributed by atoms with Crippen LogP contribution in [0.4, 0.5) is 0 Å². The predicted molar refractivity (Wildman–Crippen MR) is 64.8 cm³/mol. The third-order valence-electron chi connectivity index (χ3n) is 2.45. The lowest BCUT2D eigenvalue weighted by atomic mass is 10.1. The Kier molecular flexibility index (Phi) is 5.13. The van der Waals surface area contributed by atoms with Crippen molar-refractivity contribution in [2.45, 2.75) is 25.4 Å². The molecule has 6 heteroatoms. The summed E-state index contributed by atoms with van der Waals surface area (Å²) in [4.78, 5) is 21.9. The molecule has 0 saturated carbocycles. The number of para-hydroxylation sites is 1. The highest BCUT2D eigenvalue weighted by atomic mass is 16.4. The maximum atomic E-state index is 11.5. The van der Waals surface area contributed by atoms with E-state index in [-0.39, 0.29) is 25.1 Å². The zero-order valence-electron chi connectivity index (χ0n) is 9.80. The number of hydrogen-bond acceptors (Lipinski definition) is 4. The minimum Gasteiger partial charge on any atom is -0.508 e. The van der Waals surface area contributed by atoms with E-state index in [2.05, 4.69) is 5.32 Å². The van der Waals surface area contributed by atoms with E-state index < -0.39 is 17.9 Å². The Morgan fingerprint density at radius 1 is 1.33 bits per heavy atom. The number of aromatic hydroxyl groups is 1. The molecule has 0 aromatic heterocycles. The number of benzene rings is 1. The number of carboxylic acids is 1. The molecule has 0 saturated heterocycles. The summed E-state index contributed by atoms with van der Waals surface area (Å²) in [7, 11) is 0. The van der Waals surface area contributed by atoms with Crippen molar-refractivity contribution in [3.63, 3.8) is 0 Å². The number of nitrogens with one attached hydrogen (secondary N) is 1. The molecular formula is C12H16N2O4. The maximum Gasteiger partial charge on any atom is 0.303 e. The smallest absolute Gasteiger partial charge is 0.303 e. The van der Waals surface area contributed by atoms with Crippen molar-refractivity contribution in [2.75, 3.05) is 0 Å². The van der Waals surface area contributed by atoms with Crippen molar-refractivity contribution < 1.29 is 19.8 Å². The van der Waals surface area contributed by atoms with E-state index in [0.29, 0.717) is 5.56 Å². The van der Waals surface area contributed by atoms with E-state index >= 15 is 0 Å². The third kappa shape index (κ3) is 4.42. The largest absolute Gasteiger partial charge is 0.508 e. The van der Waals surface area contributed by atoms with Crippen LogP contribution in [0, 0.1) is 0 Å². The first-order valence-corrected chi connectivity index (χ1v) is 5.52. The molecule has 1 amide bonds. The molecule has 1 rings (SSSR count). The number of aliphatic carboxylic acids is 1. The summed E-state index contributed by atoms with van der Waals surface area (Å²) in [5.74, 6) is -1.32. The SMILES string of the molecule is NC(CCC(=O)O)C(=O)NCc1ccccc1O. The highest BCUT2D eigenvalue weighted by molar-refractivity contribution is 5.82. The Morgan fingerprint density at radius 3 is 2.61 bits per heavy atom. The van der Waals surface area contributed by atoms with Crippen LogP contribution < -0.4 is 11.1 Å². The van der Waals surface area contributed by atoms with Crippen LogP contribution in [0.3, 0.4) is 0 Å². The van der Waals surface area contributed by atoms with Crippen molar-refractivity contribution in [3.8, 4) is 5.75 Å². The molecule has 1 aromatic rings. The van der Waals surface area contributed by atoms with Gasteiger partial charge in [0.2, 0.25) is 5.91 Å². The number of carbonyl (C=O) groups is 2. The number of phenols is 1. The second-order valence-corrected chi connectivity index (χ2v) is 3.89. The molecule has 1 atom stereocenters. The quantitative estimate of drug-likeness (QED) is 0.577. The number of amides is 1. The highest BCUT2D eigenvalue weighted by Crippen LogP contribution is 2.14. The summed E-state index contributed by atoms with van der Waals surface area (Å²) in [5, 5.41) is 20.5. The van der Waals surface area contributed by atoms with Crippen LogP contribution >= 0.6 is 0 Å². The van der Waals surface area contributed by atoms with Crippen molar-refractivity contribution in [2.24, 2.45) is 5.73 Å². The molecule has 18 heavy (non-hydrogen) atoms. The fourth-order valence-electron chi connectivity index (χ4n) is 1.38. The molecular weight excluding hydrogens is 236 g/mol. The summed E-state index contributed by atoms with van der Waals surface area (Å²) in [6.45, 7) is 0.159. The van der Waals surface area contributed by atoms with Gasteiger partial charge in [0.1, 0.15) is 5.75 Å². The Hall–Kier alpha value is -2.08. The highest BCUT2D eigenvalue weighted by Gasteiger charge is 2.14. The zero-order chi connectivity index (χ0) is 13.5. The second-order valence-electron chi connectivity index (χ2n) is 3.89. The third-order valence-corrected chi connectivity index (χ3v) is 2.45. The average molecular weight is 252 g/mol. The molecule has 0 radical (unpaired) electrons. The minimum absolute atomic E-state index is 0.0853. The minimum atomic E-state index is -0.987. The van der Waals surface area contributed by atoms with Gasteiger partial charge in [-0.25, -0.2) is 0 Å². The fraction of sp³-hybridized carbons (Fsp3) is 0.333. The molecule has 6 nitrogen and oxygen atoms in total. The van der Waals surface area contributed by atoms with Gasteiger partial charge in [-0.1, -0.05) is 18.2 Å². The molecule has 0 spiro atoms. The molecule has 98 valence electrons. The van der Waals surface area contributed by atoms with Crippen LogP contribution in [0.25, 0.3) is 0 Å². The van der Waals surface area contributed by atoms with Crippen LogP contribution in [0.5, 0.6) is 5.75 Å². The number of nitrogens with two attached hydrogens (primary N) is 1. The number of phenolic OH excluding ortho intramolecular Hbond substituents is 1. The van der Waals surface area contributed by atoms with Gasteiger partial charge in [0.15, 0.2) is 0 Å². The molecule has 0 fully saturated rings. The molecule has 0 aliphatic heterocycles. The van der Waals surface area contributed by atoms with Gasteiger partial charge in [-0.05, 0) is 12.5 Å². The van der Waals surface area contributed by atoms with Crippen molar-refractivity contribution in [1.82, 2.24) is 5.32 Å². The summed E-state index contributed by atoms with van der Waals surface area (Å²) >= 11 is 0. The molecule has 0 aliphatic rings. The molecule has 5 N–H and O–H groups in total. The lowest BCUT2D eigenvalue weighted by molar-refractivity contribution is -0.137. The van der Waals surface area contributed by atoms with E-state index in [4.69, 9.17) is 10.8 Å². The first-order chi connectivity index (χ1) is 8.50. The monoisotopic (exact) mass is 252 g/mol. The summed E-state index contributed by atoms with van der Waals surface area (Å²) in [5.41, 5.74) is 6.11. The standard InChI is InChI=1S/C12H16N2O4/c13-9(5-6-11(16)17)12(18)14-7-8-3-1-2-4-10(8)15/h1-4,9,15H,5-7,13H2,(H,14,18)(H,16,17). The van der Waals surface area contributed by atoms with E-state index in [0.717, 1.165) is 0 Å². The summed E-state index contributed by atoms with van der Waals surface area (Å²) < 4.78 is 0. The Labute approximate surface area is 104 Å². The van der Waals surface area contributed by atoms with Crippen molar-refractivity contribution in [3.05, 3.63) is 29.8 Å². The maximum absolute atomic E-state index is 11.5. The number of hydrogen-bond donors (Lipinski definition) is 4.